The molecule has 1 unspecified atom stereocenters. The molecule has 0 aliphatic carbocycles. The van der Waals surface area contributed by atoms with E-state index in [1.54, 1.807) is 11.1 Å². The van der Waals surface area contributed by atoms with Gasteiger partial charge in [0, 0.05) is 38.9 Å². The minimum Gasteiger partial charge on any atom is -0.357 e. The van der Waals surface area contributed by atoms with E-state index in [-0.39, 0.29) is 36.8 Å². The minimum absolute atomic E-state index is 0. The Kier molecular flexibility index (Phi) is 10.3. The standard InChI is InChI=1S/C17H28N4O.2ClH/c1-13(2)15(18)8-11-20(3)17(22)14-6-7-16(19-12-14)21-9-4-5-10-21;;/h6-7,12-13,15H,4-5,8-11,18H2,1-3H3;2*1H. The smallest absolute Gasteiger partial charge is 0.255 e. The molecule has 0 radical (unpaired) electrons. The average molecular weight is 377 g/mol. The Hall–Kier alpha value is -1.04. The molecule has 24 heavy (non-hydrogen) atoms. The van der Waals surface area contributed by atoms with Gasteiger partial charge in [-0.2, -0.15) is 0 Å². The topological polar surface area (TPSA) is 62.5 Å². The molecular weight excluding hydrogens is 347 g/mol. The highest BCUT2D eigenvalue weighted by molar-refractivity contribution is 5.93. The summed E-state index contributed by atoms with van der Waals surface area (Å²) in [6.07, 6.45) is 4.95. The fourth-order valence-electron chi connectivity index (χ4n) is 2.64. The molecule has 1 amide bonds. The van der Waals surface area contributed by atoms with Crippen LogP contribution in [0.3, 0.4) is 0 Å². The van der Waals surface area contributed by atoms with Crippen molar-refractivity contribution in [3.05, 3.63) is 23.9 Å². The third kappa shape index (κ3) is 6.11. The SMILES string of the molecule is CC(C)C(N)CCN(C)C(=O)c1ccc(N2CCCC2)nc1.Cl.Cl. The maximum atomic E-state index is 12.4. The summed E-state index contributed by atoms with van der Waals surface area (Å²) in [6.45, 7) is 7.01. The van der Waals surface area contributed by atoms with Gasteiger partial charge in [-0.05, 0) is 37.3 Å². The largest absolute Gasteiger partial charge is 0.357 e. The molecule has 1 atom stereocenters. The molecule has 1 aromatic rings. The van der Waals surface area contributed by atoms with Crippen LogP contribution in [0.5, 0.6) is 0 Å². The molecule has 0 aromatic carbocycles. The second-order valence-electron chi connectivity index (χ2n) is 6.52. The average Bonchev–Trinajstić information content (AvgIpc) is 3.06. The van der Waals surface area contributed by atoms with Crippen molar-refractivity contribution >= 4 is 36.5 Å². The molecule has 0 bridgehead atoms. The molecule has 0 spiro atoms. The third-order valence-electron chi connectivity index (χ3n) is 4.43. The molecule has 1 saturated heterocycles. The molecule has 1 aliphatic heterocycles. The third-order valence-corrected chi connectivity index (χ3v) is 4.43. The van der Waals surface area contributed by atoms with Gasteiger partial charge in [0.1, 0.15) is 5.82 Å². The van der Waals surface area contributed by atoms with Crippen LogP contribution in [0.2, 0.25) is 0 Å². The fourth-order valence-corrected chi connectivity index (χ4v) is 2.64. The number of carbonyl (C=O) groups is 1. The Morgan fingerprint density at radius 3 is 2.42 bits per heavy atom. The number of anilines is 1. The number of nitrogens with two attached hydrogens (primary N) is 1. The maximum absolute atomic E-state index is 12.4. The fraction of sp³-hybridized carbons (Fsp3) is 0.647. The van der Waals surface area contributed by atoms with Gasteiger partial charge in [0.2, 0.25) is 0 Å². The number of rotatable bonds is 6. The number of hydrogen-bond acceptors (Lipinski definition) is 4. The number of halogens is 2. The molecule has 0 saturated carbocycles. The highest BCUT2D eigenvalue weighted by Crippen LogP contribution is 2.18. The van der Waals surface area contributed by atoms with E-state index in [9.17, 15) is 4.79 Å². The van der Waals surface area contributed by atoms with Gasteiger partial charge in [-0.15, -0.1) is 24.8 Å². The van der Waals surface area contributed by atoms with Crippen LogP contribution in [0, 0.1) is 5.92 Å². The molecule has 1 aliphatic rings. The van der Waals surface area contributed by atoms with Gasteiger partial charge in [-0.3, -0.25) is 4.79 Å². The maximum Gasteiger partial charge on any atom is 0.255 e. The van der Waals surface area contributed by atoms with E-state index < -0.39 is 0 Å². The number of amides is 1. The quantitative estimate of drug-likeness (QED) is 0.828. The zero-order valence-electron chi connectivity index (χ0n) is 14.8. The summed E-state index contributed by atoms with van der Waals surface area (Å²) in [6, 6.07) is 3.96. The van der Waals surface area contributed by atoms with Crippen molar-refractivity contribution in [3.63, 3.8) is 0 Å². The van der Waals surface area contributed by atoms with Crippen molar-refractivity contribution in [1.29, 1.82) is 0 Å². The molecule has 1 fully saturated rings. The van der Waals surface area contributed by atoms with Crippen molar-refractivity contribution in [2.24, 2.45) is 11.7 Å². The van der Waals surface area contributed by atoms with Crippen LogP contribution in [0.1, 0.15) is 43.5 Å². The van der Waals surface area contributed by atoms with Gasteiger partial charge < -0.3 is 15.5 Å². The first kappa shape index (κ1) is 23.0. The van der Waals surface area contributed by atoms with Gasteiger partial charge in [0.05, 0.1) is 5.56 Å². The first-order valence-electron chi connectivity index (χ1n) is 8.21. The monoisotopic (exact) mass is 376 g/mol. The highest BCUT2D eigenvalue weighted by Gasteiger charge is 2.17. The van der Waals surface area contributed by atoms with Gasteiger partial charge in [0.15, 0.2) is 0 Å². The first-order chi connectivity index (χ1) is 10.5. The molecule has 138 valence electrons. The number of carbonyl (C=O) groups excluding carboxylic acids is 1. The molecular formula is C17H30Cl2N4O. The lowest BCUT2D eigenvalue weighted by atomic mass is 10.0. The van der Waals surface area contributed by atoms with Crippen LogP contribution in [-0.2, 0) is 0 Å². The summed E-state index contributed by atoms with van der Waals surface area (Å²) >= 11 is 0. The molecule has 1 aromatic heterocycles. The zero-order chi connectivity index (χ0) is 16.1. The summed E-state index contributed by atoms with van der Waals surface area (Å²) in [4.78, 5) is 20.8. The van der Waals surface area contributed by atoms with E-state index in [4.69, 9.17) is 5.73 Å². The zero-order valence-corrected chi connectivity index (χ0v) is 16.4. The van der Waals surface area contributed by atoms with Crippen molar-refractivity contribution in [2.75, 3.05) is 31.6 Å². The van der Waals surface area contributed by atoms with E-state index in [1.165, 1.54) is 12.8 Å². The molecule has 7 heteroatoms. The van der Waals surface area contributed by atoms with Crippen LogP contribution in [0.4, 0.5) is 5.82 Å². The van der Waals surface area contributed by atoms with Crippen LogP contribution in [0.25, 0.3) is 0 Å². The Labute approximate surface area is 157 Å². The predicted octanol–water partition coefficient (Wildman–Crippen LogP) is 2.97. The van der Waals surface area contributed by atoms with Crippen LogP contribution < -0.4 is 10.6 Å². The van der Waals surface area contributed by atoms with Gasteiger partial charge >= 0.3 is 0 Å². The Balaban J connectivity index is 0.00000264. The van der Waals surface area contributed by atoms with E-state index in [1.807, 2.05) is 19.2 Å². The minimum atomic E-state index is 0. The normalized spacial score (nSPS) is 14.8. The van der Waals surface area contributed by atoms with Gasteiger partial charge in [-0.25, -0.2) is 4.98 Å². The lowest BCUT2D eigenvalue weighted by Gasteiger charge is -2.22. The Morgan fingerprint density at radius 2 is 1.92 bits per heavy atom. The second kappa shape index (κ2) is 10.7. The number of pyridine rings is 1. The van der Waals surface area contributed by atoms with Gasteiger partial charge in [0.25, 0.3) is 5.91 Å². The molecule has 2 heterocycles. The molecule has 2 rings (SSSR count). The van der Waals surface area contributed by atoms with Crippen molar-refractivity contribution in [1.82, 2.24) is 9.88 Å². The van der Waals surface area contributed by atoms with Gasteiger partial charge in [-0.1, -0.05) is 13.8 Å². The molecule has 2 N–H and O–H groups in total. The van der Waals surface area contributed by atoms with E-state index in [0.29, 0.717) is 18.0 Å². The van der Waals surface area contributed by atoms with Crippen molar-refractivity contribution in [2.45, 2.75) is 39.2 Å². The Bertz CT molecular complexity index is 490. The summed E-state index contributed by atoms with van der Waals surface area (Å²) in [7, 11) is 1.82. The Morgan fingerprint density at radius 1 is 1.29 bits per heavy atom. The summed E-state index contributed by atoms with van der Waals surface area (Å²) in [5, 5.41) is 0. The van der Waals surface area contributed by atoms with Crippen molar-refractivity contribution < 1.29 is 4.79 Å². The first-order valence-corrected chi connectivity index (χ1v) is 8.21. The van der Waals surface area contributed by atoms with E-state index in [2.05, 4.69) is 23.7 Å². The lowest BCUT2D eigenvalue weighted by molar-refractivity contribution is 0.0789. The lowest BCUT2D eigenvalue weighted by Crippen LogP contribution is -2.34. The highest BCUT2D eigenvalue weighted by atomic mass is 35.5. The van der Waals surface area contributed by atoms with Crippen LogP contribution >= 0.6 is 24.8 Å². The summed E-state index contributed by atoms with van der Waals surface area (Å²) in [5.74, 6) is 1.42. The molecule has 5 nitrogen and oxygen atoms in total. The van der Waals surface area contributed by atoms with E-state index in [0.717, 1.165) is 25.3 Å². The van der Waals surface area contributed by atoms with Crippen LogP contribution in [0.15, 0.2) is 18.3 Å². The number of nitrogens with zero attached hydrogens (tertiary/aromatic N) is 3. The number of aromatic nitrogens is 1. The second-order valence-corrected chi connectivity index (χ2v) is 6.52. The summed E-state index contributed by atoms with van der Waals surface area (Å²) < 4.78 is 0. The summed E-state index contributed by atoms with van der Waals surface area (Å²) in [5.41, 5.74) is 6.68. The number of hydrogen-bond donors (Lipinski definition) is 1. The van der Waals surface area contributed by atoms with E-state index >= 15 is 0 Å². The van der Waals surface area contributed by atoms with Crippen LogP contribution in [-0.4, -0.2) is 48.5 Å². The predicted molar refractivity (Wildman–Crippen MR) is 105 cm³/mol. The van der Waals surface area contributed by atoms with Crippen molar-refractivity contribution in [3.8, 4) is 0 Å².